The van der Waals surface area contributed by atoms with E-state index < -0.39 is 6.10 Å². The number of hydrogen-bond donors (Lipinski definition) is 2. The van der Waals surface area contributed by atoms with Crippen molar-refractivity contribution in [3.8, 4) is 0 Å². The maximum absolute atomic E-state index is 13.1. The summed E-state index contributed by atoms with van der Waals surface area (Å²) in [5.41, 5.74) is 0.817. The molecule has 2 nitrogen and oxygen atoms in total. The maximum Gasteiger partial charge on any atom is 0.124 e. The van der Waals surface area contributed by atoms with Gasteiger partial charge in [-0.1, -0.05) is 15.9 Å². The van der Waals surface area contributed by atoms with Crippen LogP contribution in [0.3, 0.4) is 0 Å². The second kappa shape index (κ2) is 5.25. The summed E-state index contributed by atoms with van der Waals surface area (Å²) < 4.78 is 13.8. The van der Waals surface area contributed by atoms with E-state index in [1.807, 2.05) is 6.07 Å². The van der Waals surface area contributed by atoms with Crippen molar-refractivity contribution < 1.29 is 9.50 Å². The van der Waals surface area contributed by atoms with E-state index in [2.05, 4.69) is 21.2 Å². The molecule has 2 N–H and O–H groups in total. The molecule has 0 bridgehead atoms. The van der Waals surface area contributed by atoms with Crippen LogP contribution in [0.2, 0.25) is 0 Å². The Hall–Kier alpha value is -0.450. The minimum absolute atomic E-state index is 0.272. The third kappa shape index (κ3) is 3.85. The second-order valence-electron chi connectivity index (χ2n) is 4.32. The van der Waals surface area contributed by atoms with E-state index in [-0.39, 0.29) is 5.82 Å². The Morgan fingerprint density at radius 1 is 1.44 bits per heavy atom. The van der Waals surface area contributed by atoms with Crippen molar-refractivity contribution in [2.45, 2.75) is 31.4 Å². The molecule has 1 unspecified atom stereocenters. The highest BCUT2D eigenvalue weighted by atomic mass is 79.9. The zero-order chi connectivity index (χ0) is 11.5. The highest BCUT2D eigenvalue weighted by Gasteiger charge is 2.21. The number of benzene rings is 1. The molecule has 1 fully saturated rings. The van der Waals surface area contributed by atoms with Crippen LogP contribution in [0.4, 0.5) is 4.39 Å². The number of rotatable bonds is 5. The predicted molar refractivity (Wildman–Crippen MR) is 64.8 cm³/mol. The average Bonchev–Trinajstić information content (AvgIpc) is 2.96. The molecule has 0 radical (unpaired) electrons. The lowest BCUT2D eigenvalue weighted by Crippen LogP contribution is -2.29. The molecule has 0 saturated heterocycles. The van der Waals surface area contributed by atoms with Gasteiger partial charge in [-0.15, -0.1) is 0 Å². The van der Waals surface area contributed by atoms with Crippen molar-refractivity contribution in [1.29, 1.82) is 0 Å². The maximum atomic E-state index is 13.1. The quantitative estimate of drug-likeness (QED) is 0.871. The fraction of sp³-hybridized carbons (Fsp3) is 0.500. The van der Waals surface area contributed by atoms with Gasteiger partial charge < -0.3 is 10.4 Å². The van der Waals surface area contributed by atoms with Crippen molar-refractivity contribution in [3.05, 3.63) is 34.1 Å². The van der Waals surface area contributed by atoms with Crippen molar-refractivity contribution in [2.75, 3.05) is 6.54 Å². The first kappa shape index (κ1) is 12.0. The van der Waals surface area contributed by atoms with Crippen LogP contribution >= 0.6 is 15.9 Å². The fourth-order valence-electron chi connectivity index (χ4n) is 1.66. The molecule has 1 aromatic rings. The average molecular weight is 288 g/mol. The first-order chi connectivity index (χ1) is 7.63. The van der Waals surface area contributed by atoms with Crippen LogP contribution < -0.4 is 5.32 Å². The van der Waals surface area contributed by atoms with Crippen LogP contribution in [0.1, 0.15) is 18.4 Å². The van der Waals surface area contributed by atoms with Gasteiger partial charge in [0.25, 0.3) is 0 Å². The molecule has 1 saturated carbocycles. The van der Waals surface area contributed by atoms with E-state index in [0.29, 0.717) is 23.5 Å². The van der Waals surface area contributed by atoms with Gasteiger partial charge in [0.15, 0.2) is 0 Å². The monoisotopic (exact) mass is 287 g/mol. The molecule has 16 heavy (non-hydrogen) atoms. The second-order valence-corrected chi connectivity index (χ2v) is 5.23. The lowest BCUT2D eigenvalue weighted by molar-refractivity contribution is 0.171. The van der Waals surface area contributed by atoms with Gasteiger partial charge in [0.05, 0.1) is 6.10 Å². The number of halogens is 2. The minimum Gasteiger partial charge on any atom is -0.391 e. The van der Waals surface area contributed by atoms with E-state index in [4.69, 9.17) is 0 Å². The van der Waals surface area contributed by atoms with Crippen molar-refractivity contribution in [3.63, 3.8) is 0 Å². The highest BCUT2D eigenvalue weighted by molar-refractivity contribution is 9.10. The topological polar surface area (TPSA) is 32.3 Å². The van der Waals surface area contributed by atoms with Crippen LogP contribution in [-0.4, -0.2) is 23.8 Å². The molecule has 0 aliphatic heterocycles. The van der Waals surface area contributed by atoms with E-state index in [9.17, 15) is 9.50 Å². The summed E-state index contributed by atoms with van der Waals surface area (Å²) >= 11 is 3.24. The molecule has 0 spiro atoms. The zero-order valence-corrected chi connectivity index (χ0v) is 10.5. The molecule has 1 aromatic carbocycles. The molecular formula is C12H15BrFNO. The molecule has 2 rings (SSSR count). The molecule has 0 aromatic heterocycles. The number of aliphatic hydroxyl groups excluding tert-OH is 1. The summed E-state index contributed by atoms with van der Waals surface area (Å²) in [4.78, 5) is 0. The lowest BCUT2D eigenvalue weighted by Gasteiger charge is -2.11. The highest BCUT2D eigenvalue weighted by Crippen LogP contribution is 2.19. The Morgan fingerprint density at radius 2 is 2.19 bits per heavy atom. The van der Waals surface area contributed by atoms with E-state index in [1.165, 1.54) is 25.0 Å². The summed E-state index contributed by atoms with van der Waals surface area (Å²) in [6, 6.07) is 5.31. The molecule has 88 valence electrons. The summed E-state index contributed by atoms with van der Waals surface area (Å²) in [7, 11) is 0. The summed E-state index contributed by atoms with van der Waals surface area (Å²) in [6.45, 7) is 0.582. The fourth-order valence-corrected chi connectivity index (χ4v) is 2.18. The smallest absolute Gasteiger partial charge is 0.124 e. The summed E-state index contributed by atoms with van der Waals surface area (Å²) in [5, 5.41) is 13.0. The Labute approximate surface area is 103 Å². The number of hydrogen-bond acceptors (Lipinski definition) is 2. The van der Waals surface area contributed by atoms with E-state index >= 15 is 0 Å². The van der Waals surface area contributed by atoms with Crippen LogP contribution in [0.5, 0.6) is 0 Å². The van der Waals surface area contributed by atoms with Crippen LogP contribution in [0.15, 0.2) is 22.7 Å². The minimum atomic E-state index is -0.450. The third-order valence-corrected chi connectivity index (χ3v) is 3.07. The Balaban J connectivity index is 1.86. The molecule has 1 atom stereocenters. The van der Waals surface area contributed by atoms with E-state index in [1.54, 1.807) is 0 Å². The molecule has 1 aliphatic carbocycles. The van der Waals surface area contributed by atoms with Gasteiger partial charge in [0.2, 0.25) is 0 Å². The zero-order valence-electron chi connectivity index (χ0n) is 8.92. The molecule has 1 aliphatic rings. The first-order valence-corrected chi connectivity index (χ1v) is 6.29. The van der Waals surface area contributed by atoms with E-state index in [0.717, 1.165) is 5.56 Å². The Kier molecular flexibility index (Phi) is 3.95. The van der Waals surface area contributed by atoms with Gasteiger partial charge in [0.1, 0.15) is 5.82 Å². The lowest BCUT2D eigenvalue weighted by atomic mass is 10.1. The van der Waals surface area contributed by atoms with Crippen LogP contribution in [0, 0.1) is 5.82 Å². The van der Waals surface area contributed by atoms with Gasteiger partial charge in [-0.05, 0) is 43.0 Å². The summed E-state index contributed by atoms with van der Waals surface area (Å²) in [6.07, 6.45) is 2.45. The molecule has 4 heteroatoms. The van der Waals surface area contributed by atoms with Crippen molar-refractivity contribution >= 4 is 15.9 Å². The van der Waals surface area contributed by atoms with Crippen molar-refractivity contribution in [1.82, 2.24) is 5.32 Å². The molecule has 0 heterocycles. The van der Waals surface area contributed by atoms with Gasteiger partial charge in [0, 0.05) is 17.1 Å². The molecular weight excluding hydrogens is 273 g/mol. The number of nitrogens with one attached hydrogen (secondary N) is 1. The van der Waals surface area contributed by atoms with Crippen LogP contribution in [0.25, 0.3) is 0 Å². The predicted octanol–water partition coefficient (Wildman–Crippen LogP) is 2.24. The summed E-state index contributed by atoms with van der Waals surface area (Å²) in [5.74, 6) is -0.272. The Morgan fingerprint density at radius 3 is 2.81 bits per heavy atom. The van der Waals surface area contributed by atoms with Gasteiger partial charge in [-0.25, -0.2) is 4.39 Å². The van der Waals surface area contributed by atoms with Gasteiger partial charge in [-0.3, -0.25) is 0 Å². The number of aliphatic hydroxyl groups is 1. The SMILES string of the molecule is OC(CNC1CC1)Cc1cc(F)cc(Br)c1. The molecule has 0 amide bonds. The van der Waals surface area contributed by atoms with Gasteiger partial charge in [-0.2, -0.15) is 0 Å². The largest absolute Gasteiger partial charge is 0.391 e. The van der Waals surface area contributed by atoms with Crippen molar-refractivity contribution in [2.24, 2.45) is 0 Å². The van der Waals surface area contributed by atoms with Gasteiger partial charge >= 0.3 is 0 Å². The Bertz CT molecular complexity index is 348. The standard InChI is InChI=1S/C12H15BrFNO/c13-9-3-8(4-10(14)6-9)5-12(16)7-15-11-1-2-11/h3-4,6,11-12,15-16H,1-2,5,7H2. The van der Waals surface area contributed by atoms with Crippen LogP contribution in [-0.2, 0) is 6.42 Å². The third-order valence-electron chi connectivity index (χ3n) is 2.61. The first-order valence-electron chi connectivity index (χ1n) is 5.50. The normalized spacial score (nSPS) is 17.4.